The molecule has 3 aliphatic rings. The predicted molar refractivity (Wildman–Crippen MR) is 118 cm³/mol. The molecule has 0 spiro atoms. The van der Waals surface area contributed by atoms with Gasteiger partial charge in [0.15, 0.2) is 0 Å². The van der Waals surface area contributed by atoms with Crippen molar-refractivity contribution in [3.63, 3.8) is 0 Å². The molecule has 31 heavy (non-hydrogen) atoms. The molecule has 0 aliphatic carbocycles. The van der Waals surface area contributed by atoms with Gasteiger partial charge in [0.1, 0.15) is 11.6 Å². The van der Waals surface area contributed by atoms with Crippen molar-refractivity contribution in [2.24, 2.45) is 0 Å². The summed E-state index contributed by atoms with van der Waals surface area (Å²) in [5.74, 6) is 0.0890. The summed E-state index contributed by atoms with van der Waals surface area (Å²) in [5.41, 5.74) is 3.06. The minimum atomic E-state index is -0.246. The Morgan fingerprint density at radius 1 is 0.935 bits per heavy atom. The van der Waals surface area contributed by atoms with Crippen molar-refractivity contribution in [2.75, 3.05) is 37.6 Å². The number of fused-ring (bicyclic) bond motifs is 3. The van der Waals surface area contributed by atoms with Crippen molar-refractivity contribution in [1.29, 1.82) is 0 Å². The number of nitrogens with zero attached hydrogens (tertiary/aromatic N) is 3. The Morgan fingerprint density at radius 2 is 1.71 bits per heavy atom. The highest BCUT2D eigenvalue weighted by Gasteiger charge is 2.42. The van der Waals surface area contributed by atoms with E-state index in [1.54, 1.807) is 6.07 Å². The molecule has 2 aromatic carbocycles. The summed E-state index contributed by atoms with van der Waals surface area (Å²) in [6, 6.07) is 11.9. The van der Waals surface area contributed by atoms with Gasteiger partial charge in [0.2, 0.25) is 5.91 Å². The number of piperidine rings is 1. The van der Waals surface area contributed by atoms with E-state index in [4.69, 9.17) is 0 Å². The summed E-state index contributed by atoms with van der Waals surface area (Å²) < 4.78 is 27.6. The van der Waals surface area contributed by atoms with Gasteiger partial charge in [-0.25, -0.2) is 8.78 Å². The Labute approximate surface area is 182 Å². The number of amides is 1. The van der Waals surface area contributed by atoms with Crippen LogP contribution in [0.15, 0.2) is 42.5 Å². The van der Waals surface area contributed by atoms with E-state index in [0.717, 1.165) is 75.3 Å². The van der Waals surface area contributed by atoms with Gasteiger partial charge in [-0.1, -0.05) is 0 Å². The van der Waals surface area contributed by atoms with Crippen molar-refractivity contribution < 1.29 is 13.6 Å². The Morgan fingerprint density at radius 3 is 2.48 bits per heavy atom. The molecule has 0 unspecified atom stereocenters. The molecule has 2 atom stereocenters. The number of benzene rings is 2. The van der Waals surface area contributed by atoms with E-state index >= 15 is 0 Å². The molecule has 4 nitrogen and oxygen atoms in total. The first-order valence-corrected chi connectivity index (χ1v) is 11.4. The van der Waals surface area contributed by atoms with Crippen LogP contribution in [0.5, 0.6) is 0 Å². The third-order valence-electron chi connectivity index (χ3n) is 7.07. The van der Waals surface area contributed by atoms with Crippen molar-refractivity contribution >= 4 is 17.3 Å². The molecule has 0 N–H and O–H groups in total. The first-order valence-electron chi connectivity index (χ1n) is 11.4. The summed E-state index contributed by atoms with van der Waals surface area (Å²) in [6.07, 6.45) is 4.79. The molecule has 2 fully saturated rings. The van der Waals surface area contributed by atoms with Crippen LogP contribution in [0.3, 0.4) is 0 Å². The molecule has 0 bridgehead atoms. The molecule has 1 amide bonds. The topological polar surface area (TPSA) is 26.8 Å². The van der Waals surface area contributed by atoms with Gasteiger partial charge < -0.3 is 14.7 Å². The van der Waals surface area contributed by atoms with Crippen LogP contribution in [0.2, 0.25) is 0 Å². The molecule has 2 saturated heterocycles. The monoisotopic (exact) mass is 425 g/mol. The average molecular weight is 426 g/mol. The minimum absolute atomic E-state index is 0.203. The first-order chi connectivity index (χ1) is 15.1. The molecule has 3 heterocycles. The Kier molecular flexibility index (Phi) is 5.65. The number of carbonyl (C=O) groups excluding carboxylic acids is 1. The maximum atomic E-state index is 14.1. The van der Waals surface area contributed by atoms with E-state index in [1.807, 2.05) is 23.1 Å². The highest BCUT2D eigenvalue weighted by molar-refractivity contribution is 5.78. The van der Waals surface area contributed by atoms with E-state index in [-0.39, 0.29) is 23.6 Å². The Bertz CT molecular complexity index is 948. The smallest absolute Gasteiger partial charge is 0.222 e. The normalized spacial score (nSPS) is 23.4. The Balaban J connectivity index is 1.26. The SMILES string of the molecule is O=C1CCCN1CCCCN1CC[C@@H]2[C@@H](C1)c1cc(F)ccc1N2c1ccc(F)cc1. The van der Waals surface area contributed by atoms with E-state index in [2.05, 4.69) is 9.80 Å². The second-order valence-corrected chi connectivity index (χ2v) is 9.00. The molecular formula is C25H29F2N3O. The first kappa shape index (κ1) is 20.4. The van der Waals surface area contributed by atoms with Gasteiger partial charge in [0.05, 0.1) is 0 Å². The number of carbonyl (C=O) groups is 1. The van der Waals surface area contributed by atoms with Crippen LogP contribution in [-0.2, 0) is 4.79 Å². The van der Waals surface area contributed by atoms with Crippen LogP contribution in [0.25, 0.3) is 0 Å². The fraction of sp³-hybridized carbons (Fsp3) is 0.480. The van der Waals surface area contributed by atoms with Crippen molar-refractivity contribution in [3.8, 4) is 0 Å². The largest absolute Gasteiger partial charge is 0.343 e. The fourth-order valence-electron chi connectivity index (χ4n) is 5.56. The molecule has 3 aliphatic heterocycles. The molecular weight excluding hydrogens is 396 g/mol. The van der Waals surface area contributed by atoms with Crippen molar-refractivity contribution in [3.05, 3.63) is 59.7 Å². The zero-order valence-electron chi connectivity index (χ0n) is 17.8. The van der Waals surface area contributed by atoms with Gasteiger partial charge in [-0.2, -0.15) is 0 Å². The number of hydrogen-bond donors (Lipinski definition) is 0. The van der Waals surface area contributed by atoms with E-state index in [0.29, 0.717) is 12.3 Å². The van der Waals surface area contributed by atoms with E-state index < -0.39 is 0 Å². The minimum Gasteiger partial charge on any atom is -0.343 e. The average Bonchev–Trinajstić information content (AvgIpc) is 3.32. The summed E-state index contributed by atoms with van der Waals surface area (Å²) >= 11 is 0. The number of unbranched alkanes of at least 4 members (excludes halogenated alkanes) is 1. The van der Waals surface area contributed by atoms with Gasteiger partial charge in [-0.3, -0.25) is 4.79 Å². The van der Waals surface area contributed by atoms with Crippen LogP contribution in [0.4, 0.5) is 20.2 Å². The lowest BCUT2D eigenvalue weighted by molar-refractivity contribution is -0.127. The number of anilines is 2. The van der Waals surface area contributed by atoms with Gasteiger partial charge in [-0.15, -0.1) is 0 Å². The highest BCUT2D eigenvalue weighted by Crippen LogP contribution is 2.48. The summed E-state index contributed by atoms with van der Waals surface area (Å²) in [5, 5.41) is 0. The van der Waals surface area contributed by atoms with Crippen molar-refractivity contribution in [2.45, 2.75) is 44.1 Å². The standard InChI is InChI=1S/C25H29F2N3O/c26-18-5-8-20(9-6-18)30-23-10-7-19(27)16-21(23)22-17-28(15-11-24(22)30)12-1-2-13-29-14-3-4-25(29)31/h5-10,16,22,24H,1-4,11-15,17H2/t22-,24+/m0/s1. The third kappa shape index (κ3) is 4.05. The van der Waals surface area contributed by atoms with Crippen LogP contribution in [0.1, 0.15) is 43.6 Å². The lowest BCUT2D eigenvalue weighted by Gasteiger charge is -2.39. The summed E-state index contributed by atoms with van der Waals surface area (Å²) in [6.45, 7) is 4.69. The van der Waals surface area contributed by atoms with Crippen molar-refractivity contribution in [1.82, 2.24) is 9.80 Å². The Hall–Kier alpha value is -2.47. The fourth-order valence-corrected chi connectivity index (χ4v) is 5.56. The summed E-state index contributed by atoms with van der Waals surface area (Å²) in [4.78, 5) is 18.5. The maximum absolute atomic E-state index is 14.1. The number of likely N-dealkylation sites (tertiary alicyclic amines) is 2. The second kappa shape index (κ2) is 8.58. The third-order valence-corrected chi connectivity index (χ3v) is 7.07. The quantitative estimate of drug-likeness (QED) is 0.629. The predicted octanol–water partition coefficient (Wildman–Crippen LogP) is 4.68. The van der Waals surface area contributed by atoms with E-state index in [1.165, 1.54) is 18.2 Å². The lowest BCUT2D eigenvalue weighted by atomic mass is 9.89. The van der Waals surface area contributed by atoms with Gasteiger partial charge >= 0.3 is 0 Å². The summed E-state index contributed by atoms with van der Waals surface area (Å²) in [7, 11) is 0. The highest BCUT2D eigenvalue weighted by atomic mass is 19.1. The van der Waals surface area contributed by atoms with Crippen LogP contribution in [0, 0.1) is 11.6 Å². The number of halogens is 2. The van der Waals surface area contributed by atoms with Crippen LogP contribution < -0.4 is 4.90 Å². The van der Waals surface area contributed by atoms with E-state index in [9.17, 15) is 13.6 Å². The second-order valence-electron chi connectivity index (χ2n) is 9.00. The van der Waals surface area contributed by atoms with Gasteiger partial charge in [-0.05, 0) is 80.3 Å². The van der Waals surface area contributed by atoms with Crippen LogP contribution in [-0.4, -0.2) is 54.5 Å². The molecule has 5 rings (SSSR count). The zero-order chi connectivity index (χ0) is 21.4. The maximum Gasteiger partial charge on any atom is 0.222 e. The van der Waals surface area contributed by atoms with Gasteiger partial charge in [0, 0.05) is 55.9 Å². The molecule has 0 radical (unpaired) electrons. The number of hydrogen-bond acceptors (Lipinski definition) is 3. The van der Waals surface area contributed by atoms with Crippen LogP contribution >= 0.6 is 0 Å². The molecule has 0 aromatic heterocycles. The number of rotatable bonds is 6. The van der Waals surface area contributed by atoms with Gasteiger partial charge in [0.25, 0.3) is 0 Å². The molecule has 164 valence electrons. The molecule has 2 aromatic rings. The zero-order valence-corrected chi connectivity index (χ0v) is 17.8. The molecule has 0 saturated carbocycles. The lowest BCUT2D eigenvalue weighted by Crippen LogP contribution is -2.45. The molecule has 6 heteroatoms.